The van der Waals surface area contributed by atoms with Crippen LogP contribution < -0.4 is 0 Å². The lowest BCUT2D eigenvalue weighted by atomic mass is 10.2. The molecule has 0 amide bonds. The van der Waals surface area contributed by atoms with E-state index in [-0.39, 0.29) is 9.92 Å². The van der Waals surface area contributed by atoms with Crippen molar-refractivity contribution in [3.05, 3.63) is 52.6 Å². The molecule has 0 aliphatic heterocycles. The fourth-order valence-corrected chi connectivity index (χ4v) is 3.07. The molecule has 3 nitrogen and oxygen atoms in total. The van der Waals surface area contributed by atoms with E-state index in [1.165, 1.54) is 12.3 Å². The summed E-state index contributed by atoms with van der Waals surface area (Å²) in [4.78, 5) is 4.15. The van der Waals surface area contributed by atoms with Gasteiger partial charge in [0.25, 0.3) is 0 Å². The van der Waals surface area contributed by atoms with Gasteiger partial charge in [-0.3, -0.25) is 0 Å². The van der Waals surface area contributed by atoms with E-state index in [1.54, 1.807) is 30.3 Å². The van der Waals surface area contributed by atoms with Crippen LogP contribution in [0.2, 0.25) is 0 Å². The molecule has 0 radical (unpaired) electrons. The van der Waals surface area contributed by atoms with Crippen LogP contribution in [-0.2, 0) is 9.84 Å². The van der Waals surface area contributed by atoms with E-state index in [9.17, 15) is 8.42 Å². The van der Waals surface area contributed by atoms with Crippen molar-refractivity contribution in [2.45, 2.75) is 16.8 Å². The second-order valence-electron chi connectivity index (χ2n) is 3.63. The second kappa shape index (κ2) is 4.58. The predicted octanol–water partition coefficient (Wildman–Crippen LogP) is 2.99. The number of aryl methyl sites for hydroxylation is 1. The third-order valence-electron chi connectivity index (χ3n) is 2.30. The van der Waals surface area contributed by atoms with Crippen LogP contribution in [0.25, 0.3) is 0 Å². The van der Waals surface area contributed by atoms with Crippen LogP contribution >= 0.6 is 15.9 Å². The van der Waals surface area contributed by atoms with Crippen molar-refractivity contribution in [1.29, 1.82) is 0 Å². The van der Waals surface area contributed by atoms with Gasteiger partial charge < -0.3 is 0 Å². The van der Waals surface area contributed by atoms with Crippen molar-refractivity contribution in [2.24, 2.45) is 0 Å². The molecule has 0 saturated heterocycles. The maximum atomic E-state index is 12.2. The maximum absolute atomic E-state index is 12.2. The fraction of sp³-hybridized carbons (Fsp3) is 0.0833. The third-order valence-corrected chi connectivity index (χ3v) is 4.46. The van der Waals surface area contributed by atoms with E-state index in [4.69, 9.17) is 0 Å². The Kier molecular flexibility index (Phi) is 3.31. The molecule has 0 N–H and O–H groups in total. The first-order valence-corrected chi connectivity index (χ1v) is 7.21. The first-order valence-electron chi connectivity index (χ1n) is 4.93. The van der Waals surface area contributed by atoms with Crippen molar-refractivity contribution in [3.63, 3.8) is 0 Å². The van der Waals surface area contributed by atoms with Gasteiger partial charge in [-0.2, -0.15) is 0 Å². The van der Waals surface area contributed by atoms with Crippen LogP contribution in [0, 0.1) is 6.92 Å². The van der Waals surface area contributed by atoms with Crippen molar-refractivity contribution in [2.75, 3.05) is 0 Å². The van der Waals surface area contributed by atoms with Gasteiger partial charge in [0.1, 0.15) is 0 Å². The molecule has 17 heavy (non-hydrogen) atoms. The highest BCUT2D eigenvalue weighted by Crippen LogP contribution is 2.21. The van der Waals surface area contributed by atoms with Gasteiger partial charge in [0.05, 0.1) is 4.90 Å². The minimum Gasteiger partial charge on any atom is -0.244 e. The zero-order valence-corrected chi connectivity index (χ0v) is 11.5. The van der Waals surface area contributed by atoms with E-state index >= 15 is 0 Å². The van der Waals surface area contributed by atoms with Gasteiger partial charge in [-0.05, 0) is 31.2 Å². The maximum Gasteiger partial charge on any atom is 0.223 e. The minimum atomic E-state index is -3.52. The molecule has 0 aliphatic carbocycles. The Labute approximate surface area is 109 Å². The summed E-state index contributed by atoms with van der Waals surface area (Å²) in [5, 5.41) is 0.0516. The lowest BCUT2D eigenvalue weighted by molar-refractivity contribution is 0.592. The summed E-state index contributed by atoms with van der Waals surface area (Å²) in [5.74, 6) is 0. The zero-order valence-electron chi connectivity index (χ0n) is 9.09. The number of nitrogens with zero attached hydrogens (tertiary/aromatic N) is 1. The van der Waals surface area contributed by atoms with Crippen LogP contribution in [0.4, 0.5) is 0 Å². The Hall–Kier alpha value is -1.20. The van der Waals surface area contributed by atoms with Crippen molar-refractivity contribution in [1.82, 2.24) is 4.98 Å². The molecule has 0 bridgehead atoms. The number of rotatable bonds is 2. The van der Waals surface area contributed by atoms with Gasteiger partial charge in [-0.15, -0.1) is 0 Å². The number of sulfone groups is 1. The van der Waals surface area contributed by atoms with Gasteiger partial charge in [-0.1, -0.05) is 33.6 Å². The Morgan fingerprint density at radius 1 is 1.12 bits per heavy atom. The average Bonchev–Trinajstić information content (AvgIpc) is 2.29. The second-order valence-corrected chi connectivity index (χ2v) is 6.44. The molecule has 1 aromatic carbocycles. The lowest BCUT2D eigenvalue weighted by Gasteiger charge is -2.04. The molecular weight excluding hydrogens is 302 g/mol. The van der Waals surface area contributed by atoms with E-state index in [0.717, 1.165) is 5.56 Å². The van der Waals surface area contributed by atoms with Gasteiger partial charge >= 0.3 is 0 Å². The highest BCUT2D eigenvalue weighted by molar-refractivity contribution is 9.10. The number of benzene rings is 1. The summed E-state index contributed by atoms with van der Waals surface area (Å²) in [7, 11) is -3.52. The summed E-state index contributed by atoms with van der Waals surface area (Å²) in [5.41, 5.74) is 1.02. The Bertz CT molecular complexity index is 636. The SMILES string of the molecule is Cc1ccc(S(=O)(=O)c2cc(Br)ccn2)cc1. The molecule has 0 aliphatic rings. The number of hydrogen-bond donors (Lipinski definition) is 0. The normalized spacial score (nSPS) is 11.4. The van der Waals surface area contributed by atoms with E-state index in [2.05, 4.69) is 20.9 Å². The molecule has 0 atom stereocenters. The van der Waals surface area contributed by atoms with Crippen LogP contribution in [0.3, 0.4) is 0 Å². The van der Waals surface area contributed by atoms with Crippen LogP contribution in [0.1, 0.15) is 5.56 Å². The number of pyridine rings is 1. The molecule has 2 aromatic rings. The fourth-order valence-electron chi connectivity index (χ4n) is 1.37. The van der Waals surface area contributed by atoms with E-state index in [1.807, 2.05) is 6.92 Å². The monoisotopic (exact) mass is 311 g/mol. The smallest absolute Gasteiger partial charge is 0.223 e. The lowest BCUT2D eigenvalue weighted by Crippen LogP contribution is -2.04. The van der Waals surface area contributed by atoms with Crippen LogP contribution in [0.5, 0.6) is 0 Å². The van der Waals surface area contributed by atoms with E-state index < -0.39 is 9.84 Å². The first-order chi connectivity index (χ1) is 8.00. The molecule has 0 spiro atoms. The molecule has 5 heteroatoms. The summed E-state index contributed by atoms with van der Waals surface area (Å²) >= 11 is 3.23. The summed E-state index contributed by atoms with van der Waals surface area (Å²) < 4.78 is 25.1. The van der Waals surface area contributed by atoms with Gasteiger partial charge in [0, 0.05) is 10.7 Å². The molecule has 0 fully saturated rings. The van der Waals surface area contributed by atoms with E-state index in [0.29, 0.717) is 4.47 Å². The van der Waals surface area contributed by atoms with Crippen molar-refractivity contribution < 1.29 is 8.42 Å². The molecule has 0 saturated carbocycles. The topological polar surface area (TPSA) is 47.0 Å². The largest absolute Gasteiger partial charge is 0.244 e. The molecule has 88 valence electrons. The Balaban J connectivity index is 2.54. The third kappa shape index (κ3) is 2.56. The Morgan fingerprint density at radius 3 is 2.35 bits per heavy atom. The molecule has 2 rings (SSSR count). The van der Waals surface area contributed by atoms with Crippen molar-refractivity contribution in [3.8, 4) is 0 Å². The van der Waals surface area contributed by atoms with Crippen LogP contribution in [0.15, 0.2) is 57.0 Å². The minimum absolute atomic E-state index is 0.0516. The molecule has 1 aromatic heterocycles. The first kappa shape index (κ1) is 12.3. The van der Waals surface area contributed by atoms with Gasteiger partial charge in [-0.25, -0.2) is 13.4 Å². The number of aromatic nitrogens is 1. The quantitative estimate of drug-likeness (QED) is 0.856. The highest BCUT2D eigenvalue weighted by atomic mass is 79.9. The summed E-state index contributed by atoms with van der Waals surface area (Å²) in [6.07, 6.45) is 1.46. The van der Waals surface area contributed by atoms with Crippen molar-refractivity contribution >= 4 is 25.8 Å². The number of halogens is 1. The molecule has 0 unspecified atom stereocenters. The molecule has 1 heterocycles. The van der Waals surface area contributed by atoms with Gasteiger partial charge in [0.2, 0.25) is 9.84 Å². The number of hydrogen-bond acceptors (Lipinski definition) is 3. The molecular formula is C12H10BrNO2S. The highest BCUT2D eigenvalue weighted by Gasteiger charge is 2.18. The van der Waals surface area contributed by atoms with Gasteiger partial charge in [0.15, 0.2) is 5.03 Å². The Morgan fingerprint density at radius 2 is 1.76 bits per heavy atom. The standard InChI is InChI=1S/C12H10BrNO2S/c1-9-2-4-11(5-3-9)17(15,16)12-8-10(13)6-7-14-12/h2-8H,1H3. The van der Waals surface area contributed by atoms with Crippen LogP contribution in [-0.4, -0.2) is 13.4 Å². The predicted molar refractivity (Wildman–Crippen MR) is 68.6 cm³/mol. The summed E-state index contributed by atoms with van der Waals surface area (Å²) in [6.45, 7) is 1.91. The summed E-state index contributed by atoms with van der Waals surface area (Å²) in [6, 6.07) is 9.90. The zero-order chi connectivity index (χ0) is 12.5. The average molecular weight is 312 g/mol.